The van der Waals surface area contributed by atoms with Crippen LogP contribution >= 0.6 is 0 Å². The van der Waals surface area contributed by atoms with Gasteiger partial charge < -0.3 is 5.73 Å². The molecule has 1 atom stereocenters. The zero-order valence-corrected chi connectivity index (χ0v) is 10.6. The van der Waals surface area contributed by atoms with E-state index >= 15 is 0 Å². The minimum atomic E-state index is -4.26. The lowest BCUT2D eigenvalue weighted by molar-refractivity contribution is 0.452. The van der Waals surface area contributed by atoms with Crippen LogP contribution in [0.2, 0.25) is 0 Å². The number of sulfonamides is 1. The topological polar surface area (TPSA) is 87.2 Å². The predicted molar refractivity (Wildman–Crippen MR) is 62.4 cm³/mol. The van der Waals surface area contributed by atoms with Crippen LogP contribution in [-0.4, -0.2) is 31.9 Å². The third-order valence-electron chi connectivity index (χ3n) is 2.91. The van der Waals surface area contributed by atoms with Gasteiger partial charge in [-0.05, 0) is 18.6 Å². The van der Waals surface area contributed by atoms with Crippen LogP contribution in [0.15, 0.2) is 17.0 Å². The van der Waals surface area contributed by atoms with Crippen molar-refractivity contribution in [3.05, 3.63) is 29.3 Å². The Labute approximate surface area is 109 Å². The van der Waals surface area contributed by atoms with Crippen molar-refractivity contribution in [2.24, 2.45) is 5.73 Å². The highest BCUT2D eigenvalue weighted by Gasteiger charge is 2.35. The molecule has 1 aromatic rings. The Morgan fingerprint density at radius 1 is 1.37 bits per heavy atom. The quantitative estimate of drug-likeness (QED) is 0.861. The Balaban J connectivity index is 2.50. The molecule has 1 saturated heterocycles. The minimum absolute atomic E-state index is 0.0290. The first kappa shape index (κ1) is 13.9. The van der Waals surface area contributed by atoms with Crippen molar-refractivity contribution in [1.29, 1.82) is 5.26 Å². The summed E-state index contributed by atoms with van der Waals surface area (Å²) in [7, 11) is -4.26. The molecule has 2 N–H and O–H groups in total. The number of benzene rings is 1. The molecule has 2 rings (SSSR count). The highest BCUT2D eigenvalue weighted by atomic mass is 32.2. The van der Waals surface area contributed by atoms with Gasteiger partial charge >= 0.3 is 0 Å². The van der Waals surface area contributed by atoms with Gasteiger partial charge in [0.15, 0.2) is 4.90 Å². The third-order valence-corrected chi connectivity index (χ3v) is 4.83. The van der Waals surface area contributed by atoms with Gasteiger partial charge in [-0.3, -0.25) is 0 Å². The van der Waals surface area contributed by atoms with E-state index < -0.39 is 26.6 Å². The fourth-order valence-electron chi connectivity index (χ4n) is 1.97. The van der Waals surface area contributed by atoms with Gasteiger partial charge in [0.1, 0.15) is 11.6 Å². The van der Waals surface area contributed by atoms with Crippen molar-refractivity contribution < 1.29 is 17.2 Å². The van der Waals surface area contributed by atoms with Crippen LogP contribution in [0.4, 0.5) is 8.78 Å². The summed E-state index contributed by atoms with van der Waals surface area (Å²) in [5.41, 5.74) is 5.31. The molecule has 0 radical (unpaired) electrons. The molecule has 0 unspecified atom stereocenters. The second kappa shape index (κ2) is 4.85. The number of nitrogens with zero attached hydrogens (tertiary/aromatic N) is 2. The second-order valence-corrected chi connectivity index (χ2v) is 6.17. The van der Waals surface area contributed by atoms with Gasteiger partial charge in [-0.2, -0.15) is 9.57 Å². The molecule has 1 aromatic carbocycles. The van der Waals surface area contributed by atoms with E-state index in [1.165, 1.54) is 0 Å². The van der Waals surface area contributed by atoms with Gasteiger partial charge in [-0.1, -0.05) is 0 Å². The van der Waals surface area contributed by atoms with Crippen LogP contribution in [-0.2, 0) is 10.0 Å². The molecular formula is C11H11F2N3O2S. The predicted octanol–water partition coefficient (Wildman–Crippen LogP) is 0.558. The molecule has 0 saturated carbocycles. The summed E-state index contributed by atoms with van der Waals surface area (Å²) < 4.78 is 52.6. The fraction of sp³-hybridized carbons (Fsp3) is 0.364. The van der Waals surface area contributed by atoms with Crippen molar-refractivity contribution in [2.75, 3.05) is 13.1 Å². The summed E-state index contributed by atoms with van der Waals surface area (Å²) in [6.07, 6.45) is 0.443. The number of hydrogen-bond acceptors (Lipinski definition) is 4. The molecule has 102 valence electrons. The summed E-state index contributed by atoms with van der Waals surface area (Å²) in [6.45, 7) is 0.156. The molecule has 0 bridgehead atoms. The first-order valence-electron chi connectivity index (χ1n) is 5.51. The number of halogens is 2. The maximum atomic E-state index is 13.7. The largest absolute Gasteiger partial charge is 0.326 e. The lowest BCUT2D eigenvalue weighted by atomic mass is 10.2. The lowest BCUT2D eigenvalue weighted by Gasteiger charge is -2.16. The molecule has 1 fully saturated rings. The van der Waals surface area contributed by atoms with Crippen molar-refractivity contribution >= 4 is 10.0 Å². The lowest BCUT2D eigenvalue weighted by Crippen LogP contribution is -2.33. The number of rotatable bonds is 2. The maximum Gasteiger partial charge on any atom is 0.248 e. The summed E-state index contributed by atoms with van der Waals surface area (Å²) in [5.74, 6) is -2.53. The van der Waals surface area contributed by atoms with E-state index in [9.17, 15) is 17.2 Å². The number of nitriles is 1. The molecular weight excluding hydrogens is 276 g/mol. The van der Waals surface area contributed by atoms with E-state index in [0.717, 1.165) is 4.31 Å². The summed E-state index contributed by atoms with van der Waals surface area (Å²) >= 11 is 0. The first-order chi connectivity index (χ1) is 8.86. The second-order valence-electron chi connectivity index (χ2n) is 4.29. The third kappa shape index (κ3) is 2.45. The molecule has 19 heavy (non-hydrogen) atoms. The normalized spacial score (nSPS) is 20.4. The molecule has 0 aliphatic carbocycles. The molecule has 5 nitrogen and oxygen atoms in total. The highest BCUT2D eigenvalue weighted by molar-refractivity contribution is 7.89. The van der Waals surface area contributed by atoms with E-state index in [4.69, 9.17) is 11.0 Å². The van der Waals surface area contributed by atoms with Crippen LogP contribution in [0.1, 0.15) is 12.0 Å². The standard InChI is InChI=1S/C11H11F2N3O2S/c12-9-3-7(5-14)4-10(13)11(9)19(17,18)16-2-1-8(15)6-16/h3-4,8H,1-2,6,15H2/t8-/m0/s1. The molecule has 1 aliphatic rings. The van der Waals surface area contributed by atoms with Crippen LogP contribution < -0.4 is 5.73 Å². The minimum Gasteiger partial charge on any atom is -0.326 e. The highest BCUT2D eigenvalue weighted by Crippen LogP contribution is 2.26. The summed E-state index contributed by atoms with van der Waals surface area (Å²) in [4.78, 5) is -1.03. The van der Waals surface area contributed by atoms with Crippen molar-refractivity contribution in [1.82, 2.24) is 4.31 Å². The molecule has 0 spiro atoms. The Morgan fingerprint density at radius 2 is 1.95 bits per heavy atom. The Morgan fingerprint density at radius 3 is 2.37 bits per heavy atom. The molecule has 8 heteroatoms. The smallest absolute Gasteiger partial charge is 0.248 e. The van der Waals surface area contributed by atoms with Crippen LogP contribution in [0.5, 0.6) is 0 Å². The molecule has 1 heterocycles. The maximum absolute atomic E-state index is 13.7. The van der Waals surface area contributed by atoms with Gasteiger partial charge in [0.2, 0.25) is 10.0 Å². The Bertz CT molecular complexity index is 631. The van der Waals surface area contributed by atoms with Crippen LogP contribution in [0.3, 0.4) is 0 Å². The zero-order chi connectivity index (χ0) is 14.2. The van der Waals surface area contributed by atoms with E-state index in [1.54, 1.807) is 6.07 Å². The van der Waals surface area contributed by atoms with E-state index in [-0.39, 0.29) is 24.7 Å². The van der Waals surface area contributed by atoms with Crippen LogP contribution in [0, 0.1) is 23.0 Å². The monoisotopic (exact) mass is 287 g/mol. The average Bonchev–Trinajstić information content (AvgIpc) is 2.75. The first-order valence-corrected chi connectivity index (χ1v) is 6.95. The van der Waals surface area contributed by atoms with Gasteiger partial charge in [-0.15, -0.1) is 0 Å². The molecule has 1 aliphatic heterocycles. The number of nitrogens with two attached hydrogens (primary N) is 1. The average molecular weight is 287 g/mol. The van der Waals surface area contributed by atoms with Gasteiger partial charge in [-0.25, -0.2) is 17.2 Å². The summed E-state index contributed by atoms with van der Waals surface area (Å²) in [6, 6.07) is 2.62. The van der Waals surface area contributed by atoms with Crippen molar-refractivity contribution in [3.63, 3.8) is 0 Å². The number of hydrogen-bond donors (Lipinski definition) is 1. The van der Waals surface area contributed by atoms with Crippen LogP contribution in [0.25, 0.3) is 0 Å². The van der Waals surface area contributed by atoms with E-state index in [1.807, 2.05) is 0 Å². The fourth-order valence-corrected chi connectivity index (χ4v) is 3.57. The van der Waals surface area contributed by atoms with Gasteiger partial charge in [0.25, 0.3) is 0 Å². The Kier molecular flexibility index (Phi) is 3.54. The van der Waals surface area contributed by atoms with Gasteiger partial charge in [0.05, 0.1) is 11.6 Å². The zero-order valence-electron chi connectivity index (χ0n) is 9.81. The van der Waals surface area contributed by atoms with E-state index in [2.05, 4.69) is 0 Å². The van der Waals surface area contributed by atoms with Crippen molar-refractivity contribution in [2.45, 2.75) is 17.4 Å². The van der Waals surface area contributed by atoms with E-state index in [0.29, 0.717) is 18.6 Å². The molecule has 0 aromatic heterocycles. The van der Waals surface area contributed by atoms with Crippen molar-refractivity contribution in [3.8, 4) is 6.07 Å². The Hall–Kier alpha value is -1.56. The molecule has 0 amide bonds. The summed E-state index contributed by atoms with van der Waals surface area (Å²) in [5, 5.41) is 8.57. The van der Waals surface area contributed by atoms with Gasteiger partial charge in [0, 0.05) is 19.1 Å². The SMILES string of the molecule is N#Cc1cc(F)c(S(=O)(=O)N2CC[C@H](N)C2)c(F)c1.